The smallest absolute Gasteiger partial charge is 0.249 e. The van der Waals surface area contributed by atoms with Crippen molar-refractivity contribution in [1.29, 1.82) is 0 Å². The van der Waals surface area contributed by atoms with E-state index in [0.29, 0.717) is 13.1 Å². The van der Waals surface area contributed by atoms with E-state index in [9.17, 15) is 9.59 Å². The molecule has 0 unspecified atom stereocenters. The molecule has 1 fully saturated rings. The molecule has 27 heavy (non-hydrogen) atoms. The molecule has 2 aromatic rings. The number of nitrogens with zero attached hydrogens (tertiary/aromatic N) is 2. The van der Waals surface area contributed by atoms with Crippen molar-refractivity contribution in [2.45, 2.75) is 26.0 Å². The first kappa shape index (κ1) is 18.9. The molecule has 2 amide bonds. The summed E-state index contributed by atoms with van der Waals surface area (Å²) >= 11 is 0. The average molecular weight is 368 g/mol. The van der Waals surface area contributed by atoms with Crippen LogP contribution in [0.1, 0.15) is 18.1 Å². The van der Waals surface area contributed by atoms with E-state index in [4.69, 9.17) is 9.84 Å². The van der Waals surface area contributed by atoms with E-state index >= 15 is 0 Å². The lowest BCUT2D eigenvalue weighted by Crippen LogP contribution is -2.58. The standard InChI is InChI=1S/C21H24N2O4/c1-15-21(26)23(18-7-9-19(27-2)10-8-18)12-11-22(15)20(25)13-16-3-5-17(14-24)6-4-16/h3-10,15,24H,11-14H2,1-2H3/t15-/m1/s1. The molecule has 0 saturated carbocycles. The van der Waals surface area contributed by atoms with Gasteiger partial charge in [-0.25, -0.2) is 0 Å². The summed E-state index contributed by atoms with van der Waals surface area (Å²) in [5, 5.41) is 9.10. The van der Waals surface area contributed by atoms with Crippen molar-refractivity contribution in [2.24, 2.45) is 0 Å². The number of rotatable bonds is 5. The Bertz CT molecular complexity index is 802. The number of methoxy groups -OCH3 is 1. The molecule has 0 aliphatic carbocycles. The van der Waals surface area contributed by atoms with E-state index in [1.807, 2.05) is 36.4 Å². The molecular formula is C21H24N2O4. The third kappa shape index (κ3) is 4.11. The molecule has 6 heteroatoms. The molecular weight excluding hydrogens is 344 g/mol. The van der Waals surface area contributed by atoms with E-state index in [2.05, 4.69) is 0 Å². The number of aliphatic hydroxyl groups excluding tert-OH is 1. The molecule has 6 nitrogen and oxygen atoms in total. The van der Waals surface area contributed by atoms with Gasteiger partial charge in [0.15, 0.2) is 0 Å². The van der Waals surface area contributed by atoms with Crippen molar-refractivity contribution in [2.75, 3.05) is 25.1 Å². The predicted molar refractivity (Wildman–Crippen MR) is 103 cm³/mol. The van der Waals surface area contributed by atoms with E-state index in [-0.39, 0.29) is 24.8 Å². The van der Waals surface area contributed by atoms with Crippen molar-refractivity contribution in [1.82, 2.24) is 4.90 Å². The number of hydrogen-bond acceptors (Lipinski definition) is 4. The molecule has 1 heterocycles. The average Bonchev–Trinajstić information content (AvgIpc) is 2.70. The van der Waals surface area contributed by atoms with Crippen LogP contribution in [0.2, 0.25) is 0 Å². The van der Waals surface area contributed by atoms with Crippen LogP contribution >= 0.6 is 0 Å². The van der Waals surface area contributed by atoms with Crippen LogP contribution in [0.3, 0.4) is 0 Å². The van der Waals surface area contributed by atoms with E-state index < -0.39 is 6.04 Å². The minimum absolute atomic E-state index is 0.0208. The summed E-state index contributed by atoms with van der Waals surface area (Å²) in [5.41, 5.74) is 2.48. The summed E-state index contributed by atoms with van der Waals surface area (Å²) in [5.74, 6) is 0.581. The van der Waals surface area contributed by atoms with Gasteiger partial charge in [-0.3, -0.25) is 9.59 Å². The largest absolute Gasteiger partial charge is 0.497 e. The molecule has 3 rings (SSSR count). The zero-order valence-corrected chi connectivity index (χ0v) is 15.6. The Balaban J connectivity index is 1.66. The van der Waals surface area contributed by atoms with Gasteiger partial charge >= 0.3 is 0 Å². The lowest BCUT2D eigenvalue weighted by molar-refractivity contribution is -0.140. The third-order valence-electron chi connectivity index (χ3n) is 4.92. The normalized spacial score (nSPS) is 17.1. The number of ether oxygens (including phenoxy) is 1. The van der Waals surface area contributed by atoms with Crippen LogP contribution in [0.15, 0.2) is 48.5 Å². The lowest BCUT2D eigenvalue weighted by atomic mass is 10.1. The molecule has 142 valence electrons. The van der Waals surface area contributed by atoms with Crippen molar-refractivity contribution in [3.63, 3.8) is 0 Å². The predicted octanol–water partition coefficient (Wildman–Crippen LogP) is 1.99. The number of carbonyl (C=O) groups is 2. The van der Waals surface area contributed by atoms with Crippen LogP contribution in [0.25, 0.3) is 0 Å². The fourth-order valence-corrected chi connectivity index (χ4v) is 3.27. The number of carbonyl (C=O) groups excluding carboxylic acids is 2. The Hall–Kier alpha value is -2.86. The van der Waals surface area contributed by atoms with Gasteiger partial charge in [-0.05, 0) is 42.3 Å². The molecule has 1 atom stereocenters. The minimum Gasteiger partial charge on any atom is -0.497 e. The highest BCUT2D eigenvalue weighted by atomic mass is 16.5. The van der Waals surface area contributed by atoms with Gasteiger partial charge in [0.25, 0.3) is 0 Å². The van der Waals surface area contributed by atoms with Gasteiger partial charge in [0, 0.05) is 18.8 Å². The molecule has 1 aliphatic heterocycles. The van der Waals surface area contributed by atoms with Crippen LogP contribution in [0.4, 0.5) is 5.69 Å². The maximum absolute atomic E-state index is 12.8. The van der Waals surface area contributed by atoms with Gasteiger partial charge < -0.3 is 19.6 Å². The summed E-state index contributed by atoms with van der Waals surface area (Å²) in [7, 11) is 1.60. The monoisotopic (exact) mass is 368 g/mol. The number of piperazine rings is 1. The first-order chi connectivity index (χ1) is 13.0. The molecule has 0 bridgehead atoms. The van der Waals surface area contributed by atoms with E-state index in [1.165, 1.54) is 0 Å². The molecule has 2 aromatic carbocycles. The van der Waals surface area contributed by atoms with Crippen molar-refractivity contribution in [3.05, 3.63) is 59.7 Å². The van der Waals surface area contributed by atoms with Gasteiger partial charge in [-0.1, -0.05) is 24.3 Å². The maximum Gasteiger partial charge on any atom is 0.249 e. The highest BCUT2D eigenvalue weighted by Gasteiger charge is 2.34. The minimum atomic E-state index is -0.509. The van der Waals surface area contributed by atoms with Gasteiger partial charge in [0.05, 0.1) is 20.1 Å². The second-order valence-corrected chi connectivity index (χ2v) is 6.60. The fraction of sp³-hybridized carbons (Fsp3) is 0.333. The lowest BCUT2D eigenvalue weighted by Gasteiger charge is -2.39. The molecule has 1 N–H and O–H groups in total. The maximum atomic E-state index is 12.8. The zero-order valence-electron chi connectivity index (χ0n) is 15.6. The summed E-state index contributed by atoms with van der Waals surface area (Å²) < 4.78 is 5.15. The SMILES string of the molecule is COc1ccc(N2CCN(C(=O)Cc3ccc(CO)cc3)[C@H](C)C2=O)cc1. The van der Waals surface area contributed by atoms with Gasteiger partial charge in [-0.2, -0.15) is 0 Å². The van der Waals surface area contributed by atoms with Gasteiger partial charge in [-0.15, -0.1) is 0 Å². The van der Waals surface area contributed by atoms with Crippen molar-refractivity contribution in [3.8, 4) is 5.75 Å². The Morgan fingerprint density at radius 1 is 1.07 bits per heavy atom. The summed E-state index contributed by atoms with van der Waals surface area (Å²) in [6.45, 7) is 2.70. The molecule has 0 aromatic heterocycles. The highest BCUT2D eigenvalue weighted by molar-refractivity contribution is 6.00. The topological polar surface area (TPSA) is 70.1 Å². The summed E-state index contributed by atoms with van der Waals surface area (Å²) in [6, 6.07) is 14.1. The Labute approximate surface area is 159 Å². The van der Waals surface area contributed by atoms with Gasteiger partial charge in [0.1, 0.15) is 11.8 Å². The quantitative estimate of drug-likeness (QED) is 0.876. The summed E-state index contributed by atoms with van der Waals surface area (Å²) in [6.07, 6.45) is 0.242. The van der Waals surface area contributed by atoms with E-state index in [0.717, 1.165) is 22.6 Å². The zero-order chi connectivity index (χ0) is 19.4. The van der Waals surface area contributed by atoms with Crippen LogP contribution in [0, 0.1) is 0 Å². The summed E-state index contributed by atoms with van der Waals surface area (Å²) in [4.78, 5) is 28.9. The van der Waals surface area contributed by atoms with Crippen molar-refractivity contribution >= 4 is 17.5 Å². The second-order valence-electron chi connectivity index (χ2n) is 6.60. The number of hydrogen-bond donors (Lipinski definition) is 1. The van der Waals surface area contributed by atoms with Crippen LogP contribution in [-0.2, 0) is 22.6 Å². The molecule has 0 radical (unpaired) electrons. The molecule has 1 saturated heterocycles. The van der Waals surface area contributed by atoms with Crippen molar-refractivity contribution < 1.29 is 19.4 Å². The Kier molecular flexibility index (Phi) is 5.76. The van der Waals surface area contributed by atoms with Crippen LogP contribution in [0.5, 0.6) is 5.75 Å². The van der Waals surface area contributed by atoms with E-state index in [1.54, 1.807) is 36.0 Å². The second kappa shape index (κ2) is 8.22. The third-order valence-corrected chi connectivity index (χ3v) is 4.92. The number of aliphatic hydroxyl groups is 1. The van der Waals surface area contributed by atoms with Gasteiger partial charge in [0.2, 0.25) is 11.8 Å². The van der Waals surface area contributed by atoms with Crippen LogP contribution in [-0.4, -0.2) is 48.1 Å². The molecule has 0 spiro atoms. The first-order valence-electron chi connectivity index (χ1n) is 8.97. The fourth-order valence-electron chi connectivity index (χ4n) is 3.27. The number of benzene rings is 2. The highest BCUT2D eigenvalue weighted by Crippen LogP contribution is 2.23. The Morgan fingerprint density at radius 2 is 1.70 bits per heavy atom. The first-order valence-corrected chi connectivity index (χ1v) is 8.97. The van der Waals surface area contributed by atoms with Crippen LogP contribution < -0.4 is 9.64 Å². The number of anilines is 1. The molecule has 1 aliphatic rings. The Morgan fingerprint density at radius 3 is 2.30 bits per heavy atom. The number of amides is 2.